The summed E-state index contributed by atoms with van der Waals surface area (Å²) in [4.78, 5) is 2.19. The maximum Gasteiger partial charge on any atom is 0.101 e. The zero-order chi connectivity index (χ0) is 10.8. The summed E-state index contributed by atoms with van der Waals surface area (Å²) in [5.74, 6) is 0. The number of nitriles is 1. The molecule has 2 rings (SSSR count). The first-order chi connectivity index (χ1) is 7.20. The van der Waals surface area contributed by atoms with Crippen molar-refractivity contribution in [1.82, 2.24) is 0 Å². The van der Waals surface area contributed by atoms with Crippen LogP contribution in [0.5, 0.6) is 0 Å². The van der Waals surface area contributed by atoms with Gasteiger partial charge in [-0.05, 0) is 24.6 Å². The fourth-order valence-corrected chi connectivity index (χ4v) is 2.03. The minimum absolute atomic E-state index is 0. The molecule has 0 bridgehead atoms. The van der Waals surface area contributed by atoms with Crippen LogP contribution in [0.25, 0.3) is 0 Å². The maximum absolute atomic E-state index is 8.75. The van der Waals surface area contributed by atoms with Gasteiger partial charge in [-0.3, -0.25) is 0 Å². The quantitative estimate of drug-likeness (QED) is 0.839. The van der Waals surface area contributed by atoms with Crippen LogP contribution in [0.2, 0.25) is 5.02 Å². The smallest absolute Gasteiger partial charge is 0.101 e. The highest BCUT2D eigenvalue weighted by Gasteiger charge is 2.19. The number of nitrogens with two attached hydrogens (primary N) is 1. The van der Waals surface area contributed by atoms with Gasteiger partial charge in [0.2, 0.25) is 0 Å². The second-order valence-corrected chi connectivity index (χ2v) is 4.18. The first kappa shape index (κ1) is 13.1. The molecule has 1 heterocycles. The molecule has 1 saturated heterocycles. The van der Waals surface area contributed by atoms with Gasteiger partial charge >= 0.3 is 0 Å². The SMILES string of the molecule is Cl.N#Cc1ccc(N2CC[C@@H](N)C2)cc1Cl. The highest BCUT2D eigenvalue weighted by Crippen LogP contribution is 2.25. The van der Waals surface area contributed by atoms with Crippen LogP contribution in [0.1, 0.15) is 12.0 Å². The minimum Gasteiger partial charge on any atom is -0.370 e. The van der Waals surface area contributed by atoms with E-state index >= 15 is 0 Å². The summed E-state index contributed by atoms with van der Waals surface area (Å²) in [5, 5.41) is 9.26. The molecule has 1 aliphatic rings. The Morgan fingerprint density at radius 3 is 2.75 bits per heavy atom. The van der Waals surface area contributed by atoms with Crippen LogP contribution >= 0.6 is 24.0 Å². The van der Waals surface area contributed by atoms with E-state index in [0.717, 1.165) is 25.2 Å². The Kier molecular flexibility index (Phi) is 4.43. The Hall–Kier alpha value is -0.950. The molecule has 1 aromatic rings. The molecule has 16 heavy (non-hydrogen) atoms. The van der Waals surface area contributed by atoms with E-state index in [1.807, 2.05) is 18.2 Å². The lowest BCUT2D eigenvalue weighted by Gasteiger charge is -2.18. The second-order valence-electron chi connectivity index (χ2n) is 3.77. The molecule has 5 heteroatoms. The summed E-state index contributed by atoms with van der Waals surface area (Å²) in [6.45, 7) is 1.83. The van der Waals surface area contributed by atoms with E-state index in [0.29, 0.717) is 10.6 Å². The molecule has 0 aromatic heterocycles. The monoisotopic (exact) mass is 257 g/mol. The molecule has 1 fully saturated rings. The molecule has 1 atom stereocenters. The first-order valence-electron chi connectivity index (χ1n) is 4.91. The van der Waals surface area contributed by atoms with Gasteiger partial charge in [-0.15, -0.1) is 12.4 Å². The van der Waals surface area contributed by atoms with E-state index in [2.05, 4.69) is 4.90 Å². The average Bonchev–Trinajstić information content (AvgIpc) is 2.65. The number of hydrogen-bond donors (Lipinski definition) is 1. The van der Waals surface area contributed by atoms with Crippen molar-refractivity contribution in [3.63, 3.8) is 0 Å². The van der Waals surface area contributed by atoms with Crippen LogP contribution in [-0.2, 0) is 0 Å². The van der Waals surface area contributed by atoms with Gasteiger partial charge in [0.1, 0.15) is 6.07 Å². The Morgan fingerprint density at radius 2 is 2.25 bits per heavy atom. The fraction of sp³-hybridized carbons (Fsp3) is 0.364. The van der Waals surface area contributed by atoms with Crippen molar-refractivity contribution in [2.24, 2.45) is 5.73 Å². The van der Waals surface area contributed by atoms with Gasteiger partial charge in [0.15, 0.2) is 0 Å². The molecule has 0 spiro atoms. The lowest BCUT2D eigenvalue weighted by molar-refractivity contribution is 0.752. The van der Waals surface area contributed by atoms with Crippen molar-refractivity contribution in [3.05, 3.63) is 28.8 Å². The fourth-order valence-electron chi connectivity index (χ4n) is 1.81. The maximum atomic E-state index is 8.75. The summed E-state index contributed by atoms with van der Waals surface area (Å²) in [6, 6.07) is 7.80. The third kappa shape index (κ3) is 2.59. The second kappa shape index (κ2) is 5.40. The Bertz CT molecular complexity index is 414. The summed E-state index contributed by atoms with van der Waals surface area (Å²) >= 11 is 5.96. The molecule has 0 saturated carbocycles. The highest BCUT2D eigenvalue weighted by molar-refractivity contribution is 6.32. The van der Waals surface area contributed by atoms with Crippen LogP contribution in [0.15, 0.2) is 18.2 Å². The molecule has 0 unspecified atom stereocenters. The predicted octanol–water partition coefficient (Wildman–Crippen LogP) is 2.17. The number of rotatable bonds is 1. The molecular weight excluding hydrogens is 245 g/mol. The number of halogens is 2. The van der Waals surface area contributed by atoms with Crippen LogP contribution < -0.4 is 10.6 Å². The van der Waals surface area contributed by atoms with Gasteiger partial charge in [0, 0.05) is 24.8 Å². The van der Waals surface area contributed by atoms with Crippen molar-refractivity contribution in [2.45, 2.75) is 12.5 Å². The van der Waals surface area contributed by atoms with Crippen molar-refractivity contribution in [3.8, 4) is 6.07 Å². The Morgan fingerprint density at radius 1 is 1.50 bits per heavy atom. The number of benzene rings is 1. The topological polar surface area (TPSA) is 53.0 Å². The third-order valence-corrected chi connectivity index (χ3v) is 2.98. The zero-order valence-corrected chi connectivity index (χ0v) is 10.3. The lowest BCUT2D eigenvalue weighted by Crippen LogP contribution is -2.26. The van der Waals surface area contributed by atoms with Crippen LogP contribution in [0, 0.1) is 11.3 Å². The van der Waals surface area contributed by atoms with Crippen molar-refractivity contribution >= 4 is 29.7 Å². The third-order valence-electron chi connectivity index (χ3n) is 2.66. The average molecular weight is 258 g/mol. The number of nitrogens with zero attached hydrogens (tertiary/aromatic N) is 2. The summed E-state index contributed by atoms with van der Waals surface area (Å²) < 4.78 is 0. The van der Waals surface area contributed by atoms with E-state index in [-0.39, 0.29) is 18.4 Å². The Balaban J connectivity index is 0.00000128. The Labute approximate surface area is 106 Å². The van der Waals surface area contributed by atoms with Crippen LogP contribution in [-0.4, -0.2) is 19.1 Å². The van der Waals surface area contributed by atoms with Gasteiger partial charge in [0.05, 0.1) is 10.6 Å². The minimum atomic E-state index is 0. The number of hydrogen-bond acceptors (Lipinski definition) is 3. The van der Waals surface area contributed by atoms with Gasteiger partial charge < -0.3 is 10.6 Å². The molecule has 1 aromatic carbocycles. The summed E-state index contributed by atoms with van der Waals surface area (Å²) in [7, 11) is 0. The van der Waals surface area contributed by atoms with Gasteiger partial charge in [-0.1, -0.05) is 11.6 Å². The van der Waals surface area contributed by atoms with Crippen LogP contribution in [0.3, 0.4) is 0 Å². The molecule has 0 aliphatic carbocycles. The molecule has 3 nitrogen and oxygen atoms in total. The molecule has 2 N–H and O–H groups in total. The molecular formula is C11H13Cl2N3. The molecule has 1 aliphatic heterocycles. The van der Waals surface area contributed by atoms with Crippen molar-refractivity contribution < 1.29 is 0 Å². The molecule has 0 radical (unpaired) electrons. The van der Waals surface area contributed by atoms with Crippen molar-refractivity contribution in [1.29, 1.82) is 5.26 Å². The summed E-state index contributed by atoms with van der Waals surface area (Å²) in [6.07, 6.45) is 1.01. The van der Waals surface area contributed by atoms with Gasteiger partial charge in [-0.2, -0.15) is 5.26 Å². The highest BCUT2D eigenvalue weighted by atomic mass is 35.5. The molecule has 86 valence electrons. The molecule has 0 amide bonds. The lowest BCUT2D eigenvalue weighted by atomic mass is 10.2. The normalized spacial score (nSPS) is 19.1. The standard InChI is InChI=1S/C11H12ClN3.ClH/c12-11-5-10(2-1-8(11)6-13)15-4-3-9(14)7-15;/h1-2,5,9H,3-4,7,14H2;1H/t9-;/m1./s1. The van der Waals surface area contributed by atoms with E-state index in [1.165, 1.54) is 0 Å². The van der Waals surface area contributed by atoms with E-state index in [9.17, 15) is 0 Å². The van der Waals surface area contributed by atoms with E-state index in [1.54, 1.807) is 6.07 Å². The van der Waals surface area contributed by atoms with E-state index < -0.39 is 0 Å². The van der Waals surface area contributed by atoms with Gasteiger partial charge in [-0.25, -0.2) is 0 Å². The largest absolute Gasteiger partial charge is 0.370 e. The van der Waals surface area contributed by atoms with Gasteiger partial charge in [0.25, 0.3) is 0 Å². The van der Waals surface area contributed by atoms with Crippen molar-refractivity contribution in [2.75, 3.05) is 18.0 Å². The zero-order valence-electron chi connectivity index (χ0n) is 8.69. The first-order valence-corrected chi connectivity index (χ1v) is 5.28. The predicted molar refractivity (Wildman–Crippen MR) is 68.2 cm³/mol. The summed E-state index contributed by atoms with van der Waals surface area (Å²) in [5.41, 5.74) is 7.40. The van der Waals surface area contributed by atoms with E-state index in [4.69, 9.17) is 22.6 Å². The van der Waals surface area contributed by atoms with Crippen LogP contribution in [0.4, 0.5) is 5.69 Å². The number of anilines is 1.